The Hall–Kier alpha value is -2.18. The molecule has 0 rings (SSSR count). The Kier molecular flexibility index (Phi) is 42.8. The van der Waals surface area contributed by atoms with Crippen LogP contribution in [0.15, 0.2) is 48.6 Å². The monoisotopic (exact) mass is 772 g/mol. The zero-order chi connectivity index (χ0) is 40.1. The van der Waals surface area contributed by atoms with E-state index >= 15 is 0 Å². The maximum absolute atomic E-state index is 12.4. The molecule has 0 radical (unpaired) electrons. The Bertz CT molecular complexity index is 942. The molecular weight excluding hydrogens is 683 g/mol. The van der Waals surface area contributed by atoms with Gasteiger partial charge in [-0.3, -0.25) is 9.59 Å². The van der Waals surface area contributed by atoms with Crippen molar-refractivity contribution >= 4 is 11.9 Å². The van der Waals surface area contributed by atoms with Crippen molar-refractivity contribution < 1.29 is 24.5 Å². The van der Waals surface area contributed by atoms with Crippen molar-refractivity contribution in [1.29, 1.82) is 0 Å². The Balaban J connectivity index is 3.62. The summed E-state index contributed by atoms with van der Waals surface area (Å²) in [6.07, 6.45) is 53.9. The molecule has 0 aliphatic carbocycles. The van der Waals surface area contributed by atoms with E-state index in [1.807, 2.05) is 6.08 Å². The van der Waals surface area contributed by atoms with Gasteiger partial charge in [0, 0.05) is 12.8 Å². The fourth-order valence-electron chi connectivity index (χ4n) is 6.67. The number of hydrogen-bond acceptors (Lipinski definition) is 5. The van der Waals surface area contributed by atoms with Crippen LogP contribution in [0.2, 0.25) is 0 Å². The number of amides is 1. The minimum absolute atomic E-state index is 0.0545. The second-order valence-electron chi connectivity index (χ2n) is 15.7. The summed E-state index contributed by atoms with van der Waals surface area (Å²) in [6.45, 7) is 4.72. The fraction of sp³-hybridized carbons (Fsp3) is 0.796. The molecular formula is C49H89NO5. The summed E-state index contributed by atoms with van der Waals surface area (Å²) < 4.78 is 5.41. The molecule has 2 atom stereocenters. The van der Waals surface area contributed by atoms with Gasteiger partial charge in [-0.1, -0.05) is 184 Å². The number of unbranched alkanes of at least 4 members (excludes halogenated alkanes) is 25. The van der Waals surface area contributed by atoms with E-state index < -0.39 is 12.1 Å². The average molecular weight is 772 g/mol. The van der Waals surface area contributed by atoms with Crippen LogP contribution in [0, 0.1) is 0 Å². The minimum Gasteiger partial charge on any atom is -0.466 e. The summed E-state index contributed by atoms with van der Waals surface area (Å²) in [4.78, 5) is 24.4. The van der Waals surface area contributed by atoms with Gasteiger partial charge in [0.2, 0.25) is 5.91 Å². The average Bonchev–Trinajstić information content (AvgIpc) is 3.18. The molecule has 6 nitrogen and oxygen atoms in total. The molecule has 0 spiro atoms. The molecule has 3 N–H and O–H groups in total. The molecule has 0 saturated heterocycles. The van der Waals surface area contributed by atoms with Crippen LogP contribution in [-0.4, -0.2) is 47.4 Å². The molecule has 0 bridgehead atoms. The molecule has 0 aromatic carbocycles. The summed E-state index contributed by atoms with van der Waals surface area (Å²) >= 11 is 0. The predicted molar refractivity (Wildman–Crippen MR) is 236 cm³/mol. The number of ether oxygens (including phenoxy) is 1. The maximum atomic E-state index is 12.4. The van der Waals surface area contributed by atoms with E-state index in [0.29, 0.717) is 19.4 Å². The summed E-state index contributed by atoms with van der Waals surface area (Å²) in [7, 11) is 0. The molecule has 0 aromatic rings. The number of nitrogens with one attached hydrogen (secondary N) is 1. The highest BCUT2D eigenvalue weighted by molar-refractivity contribution is 5.76. The number of esters is 1. The lowest BCUT2D eigenvalue weighted by atomic mass is 10.0. The topological polar surface area (TPSA) is 95.9 Å². The standard InChI is InChI=1S/C49H89NO5/c1-3-5-7-9-11-13-15-17-18-19-21-22-25-29-33-37-41-47(52)46(45-51)50-48(53)42-38-34-30-26-24-28-32-36-40-44-55-49(54)43-39-35-31-27-23-20-16-14-12-10-8-6-4-2/h8,10,14,16,26,30,37,41,46-47,51-52H,3-7,9,11-13,15,17-25,27-29,31-36,38-40,42-45H2,1-2H3,(H,50,53)/b10-8-,16-14-,30-26-,41-37+. The third-order valence-electron chi connectivity index (χ3n) is 10.3. The number of aliphatic hydroxyl groups is 2. The highest BCUT2D eigenvalue weighted by Crippen LogP contribution is 2.14. The van der Waals surface area contributed by atoms with Gasteiger partial charge in [0.15, 0.2) is 0 Å². The van der Waals surface area contributed by atoms with Crippen molar-refractivity contribution in [2.45, 2.75) is 238 Å². The smallest absolute Gasteiger partial charge is 0.305 e. The fourth-order valence-corrected chi connectivity index (χ4v) is 6.67. The van der Waals surface area contributed by atoms with E-state index in [9.17, 15) is 19.8 Å². The minimum atomic E-state index is -0.876. The summed E-state index contributed by atoms with van der Waals surface area (Å²) in [5, 5.41) is 23.0. The second kappa shape index (κ2) is 44.5. The van der Waals surface area contributed by atoms with Gasteiger partial charge >= 0.3 is 5.97 Å². The Labute approximate surface area is 340 Å². The van der Waals surface area contributed by atoms with Crippen LogP contribution >= 0.6 is 0 Å². The van der Waals surface area contributed by atoms with E-state index in [4.69, 9.17) is 4.74 Å². The first-order valence-electron chi connectivity index (χ1n) is 23.4. The highest BCUT2D eigenvalue weighted by atomic mass is 16.5. The number of rotatable bonds is 42. The lowest BCUT2D eigenvalue weighted by molar-refractivity contribution is -0.143. The van der Waals surface area contributed by atoms with Crippen LogP contribution in [0.1, 0.15) is 226 Å². The Morgan fingerprint density at radius 2 is 0.964 bits per heavy atom. The van der Waals surface area contributed by atoms with E-state index in [2.05, 4.69) is 55.6 Å². The first-order valence-corrected chi connectivity index (χ1v) is 23.4. The molecule has 320 valence electrons. The molecule has 2 unspecified atom stereocenters. The van der Waals surface area contributed by atoms with Gasteiger partial charge in [0.05, 0.1) is 25.4 Å². The van der Waals surface area contributed by atoms with Gasteiger partial charge in [0.1, 0.15) is 0 Å². The van der Waals surface area contributed by atoms with Crippen molar-refractivity contribution in [1.82, 2.24) is 5.32 Å². The van der Waals surface area contributed by atoms with E-state index in [1.165, 1.54) is 116 Å². The normalized spacial score (nSPS) is 13.2. The Morgan fingerprint density at radius 1 is 0.509 bits per heavy atom. The summed E-state index contributed by atoms with van der Waals surface area (Å²) in [5.74, 6) is -0.186. The lowest BCUT2D eigenvalue weighted by Gasteiger charge is -2.19. The number of hydrogen-bond donors (Lipinski definition) is 3. The summed E-state index contributed by atoms with van der Waals surface area (Å²) in [5.41, 5.74) is 0. The third kappa shape index (κ3) is 41.3. The Morgan fingerprint density at radius 3 is 1.51 bits per heavy atom. The van der Waals surface area contributed by atoms with Crippen LogP contribution in [0.25, 0.3) is 0 Å². The largest absolute Gasteiger partial charge is 0.466 e. The zero-order valence-electron chi connectivity index (χ0n) is 36.1. The van der Waals surface area contributed by atoms with Crippen LogP contribution in [0.4, 0.5) is 0 Å². The van der Waals surface area contributed by atoms with E-state index in [0.717, 1.165) is 83.5 Å². The molecule has 6 heteroatoms. The third-order valence-corrected chi connectivity index (χ3v) is 10.3. The maximum Gasteiger partial charge on any atom is 0.305 e. The molecule has 1 amide bonds. The van der Waals surface area contributed by atoms with Crippen LogP contribution in [0.5, 0.6) is 0 Å². The second-order valence-corrected chi connectivity index (χ2v) is 15.7. The van der Waals surface area contributed by atoms with E-state index in [-0.39, 0.29) is 18.5 Å². The molecule has 55 heavy (non-hydrogen) atoms. The number of carbonyl (C=O) groups excluding carboxylic acids is 2. The molecule has 0 aliphatic rings. The van der Waals surface area contributed by atoms with Gasteiger partial charge in [-0.15, -0.1) is 0 Å². The van der Waals surface area contributed by atoms with Crippen molar-refractivity contribution in [2.24, 2.45) is 0 Å². The van der Waals surface area contributed by atoms with Crippen molar-refractivity contribution in [2.75, 3.05) is 13.2 Å². The first-order chi connectivity index (χ1) is 27.0. The lowest BCUT2D eigenvalue weighted by Crippen LogP contribution is -2.45. The van der Waals surface area contributed by atoms with Crippen LogP contribution < -0.4 is 5.32 Å². The van der Waals surface area contributed by atoms with Gasteiger partial charge in [-0.2, -0.15) is 0 Å². The van der Waals surface area contributed by atoms with Crippen molar-refractivity contribution in [3.05, 3.63) is 48.6 Å². The first kappa shape index (κ1) is 52.8. The van der Waals surface area contributed by atoms with E-state index in [1.54, 1.807) is 6.08 Å². The molecule has 0 aliphatic heterocycles. The van der Waals surface area contributed by atoms with Gasteiger partial charge in [-0.05, 0) is 77.0 Å². The predicted octanol–water partition coefficient (Wildman–Crippen LogP) is 13.5. The number of allylic oxidation sites excluding steroid dienone is 7. The van der Waals surface area contributed by atoms with Crippen LogP contribution in [0.3, 0.4) is 0 Å². The molecule has 0 saturated carbocycles. The zero-order valence-corrected chi connectivity index (χ0v) is 36.1. The molecule has 0 aromatic heterocycles. The highest BCUT2D eigenvalue weighted by Gasteiger charge is 2.17. The number of carbonyl (C=O) groups is 2. The number of aliphatic hydroxyl groups excluding tert-OH is 2. The molecule has 0 fully saturated rings. The van der Waals surface area contributed by atoms with Gasteiger partial charge in [-0.25, -0.2) is 0 Å². The summed E-state index contributed by atoms with van der Waals surface area (Å²) in [6, 6.07) is -0.667. The molecule has 0 heterocycles. The quantitative estimate of drug-likeness (QED) is 0.0326. The SMILES string of the molecule is CCC/C=C\C/C=C\CCCCCCCC(=O)OCCCCCC/C=C\CCCC(=O)NC(CO)C(O)/C=C/CCCCCCCCCCCCCCCC. The van der Waals surface area contributed by atoms with Gasteiger partial charge in [0.25, 0.3) is 0 Å². The van der Waals surface area contributed by atoms with Crippen molar-refractivity contribution in [3.8, 4) is 0 Å². The van der Waals surface area contributed by atoms with Gasteiger partial charge < -0.3 is 20.3 Å². The van der Waals surface area contributed by atoms with Crippen LogP contribution in [-0.2, 0) is 14.3 Å². The van der Waals surface area contributed by atoms with Crippen molar-refractivity contribution in [3.63, 3.8) is 0 Å².